The first kappa shape index (κ1) is 18.7. The van der Waals surface area contributed by atoms with E-state index in [0.29, 0.717) is 16.2 Å². The number of aromatic hydroxyl groups is 2. The van der Waals surface area contributed by atoms with Crippen molar-refractivity contribution in [2.24, 2.45) is 5.10 Å². The first-order valence-corrected chi connectivity index (χ1v) is 9.03. The molecule has 0 amide bonds. The van der Waals surface area contributed by atoms with Crippen LogP contribution in [0.3, 0.4) is 0 Å². The molecule has 3 rings (SSSR count). The van der Waals surface area contributed by atoms with Crippen molar-refractivity contribution in [3.05, 3.63) is 52.8 Å². The van der Waals surface area contributed by atoms with E-state index in [1.807, 2.05) is 24.3 Å². The second-order valence-electron chi connectivity index (χ2n) is 5.88. The quantitative estimate of drug-likeness (QED) is 0.343. The average molecular weight is 383 g/mol. The van der Waals surface area contributed by atoms with Gasteiger partial charge in [0.25, 0.3) is 0 Å². The number of aromatic amines is 1. The summed E-state index contributed by atoms with van der Waals surface area (Å²) in [7, 11) is 0. The van der Waals surface area contributed by atoms with E-state index in [9.17, 15) is 10.2 Å². The molecule has 8 heteroatoms. The Morgan fingerprint density at radius 3 is 2.44 bits per heavy atom. The van der Waals surface area contributed by atoms with Crippen LogP contribution in [-0.2, 0) is 0 Å². The molecule has 2 aromatic carbocycles. The molecule has 1 aromatic heterocycles. The molecule has 3 N–H and O–H groups in total. The highest BCUT2D eigenvalue weighted by atomic mass is 32.1. The molecular weight excluding hydrogens is 362 g/mol. The molecule has 0 saturated carbocycles. The maximum atomic E-state index is 9.59. The molecule has 0 atom stereocenters. The lowest BCUT2D eigenvalue weighted by Crippen LogP contribution is -2.21. The van der Waals surface area contributed by atoms with E-state index >= 15 is 0 Å². The highest BCUT2D eigenvalue weighted by molar-refractivity contribution is 7.71. The third kappa shape index (κ3) is 4.01. The summed E-state index contributed by atoms with van der Waals surface area (Å²) in [5.74, 6) is 0.202. The van der Waals surface area contributed by atoms with Crippen LogP contribution in [0, 0.1) is 4.77 Å². The average Bonchev–Trinajstić information content (AvgIpc) is 3.05. The molecule has 0 fully saturated rings. The van der Waals surface area contributed by atoms with Crippen LogP contribution in [0.15, 0.2) is 47.6 Å². The van der Waals surface area contributed by atoms with Gasteiger partial charge >= 0.3 is 0 Å². The zero-order chi connectivity index (χ0) is 19.4. The van der Waals surface area contributed by atoms with Gasteiger partial charge in [0.15, 0.2) is 17.3 Å². The topological polar surface area (TPSA) is 89.7 Å². The van der Waals surface area contributed by atoms with Gasteiger partial charge in [-0.05, 0) is 74.1 Å². The van der Waals surface area contributed by atoms with E-state index in [1.165, 1.54) is 23.0 Å². The Kier molecular flexibility index (Phi) is 5.56. The summed E-state index contributed by atoms with van der Waals surface area (Å²) in [5, 5.41) is 30.4. The predicted octanol–water partition coefficient (Wildman–Crippen LogP) is 3.75. The fourth-order valence-electron chi connectivity index (χ4n) is 2.74. The minimum absolute atomic E-state index is 0.180. The highest BCUT2D eigenvalue weighted by Gasteiger charge is 2.09. The molecule has 0 aliphatic heterocycles. The molecule has 0 saturated heterocycles. The molecule has 0 bridgehead atoms. The Balaban J connectivity index is 1.91. The number of H-pyrrole nitrogens is 1. The van der Waals surface area contributed by atoms with E-state index in [4.69, 9.17) is 12.2 Å². The van der Waals surface area contributed by atoms with Gasteiger partial charge in [0, 0.05) is 24.3 Å². The van der Waals surface area contributed by atoms with Crippen molar-refractivity contribution >= 4 is 24.1 Å². The highest BCUT2D eigenvalue weighted by Crippen LogP contribution is 2.25. The number of phenolic OH excluding ortho intramolecular Hbond substituents is 2. The van der Waals surface area contributed by atoms with Gasteiger partial charge in [0.2, 0.25) is 4.77 Å². The molecule has 0 aliphatic rings. The molecule has 3 aromatic rings. The predicted molar refractivity (Wildman–Crippen MR) is 109 cm³/mol. The Morgan fingerprint density at radius 1 is 1.11 bits per heavy atom. The van der Waals surface area contributed by atoms with Crippen LogP contribution in [-0.4, -0.2) is 44.4 Å². The summed E-state index contributed by atoms with van der Waals surface area (Å²) in [6.45, 7) is 6.13. The minimum atomic E-state index is -0.207. The molecular formula is C19H21N5O2S. The second kappa shape index (κ2) is 8.05. The van der Waals surface area contributed by atoms with Crippen LogP contribution in [0.1, 0.15) is 19.4 Å². The number of hydrogen-bond acceptors (Lipinski definition) is 6. The summed E-state index contributed by atoms with van der Waals surface area (Å²) in [5.41, 5.74) is 2.65. The minimum Gasteiger partial charge on any atom is -0.504 e. The zero-order valence-electron chi connectivity index (χ0n) is 15.1. The molecule has 0 spiro atoms. The lowest BCUT2D eigenvalue weighted by molar-refractivity contribution is 0.403. The monoisotopic (exact) mass is 383 g/mol. The largest absolute Gasteiger partial charge is 0.504 e. The number of aromatic nitrogens is 3. The first-order chi connectivity index (χ1) is 13.0. The van der Waals surface area contributed by atoms with Crippen molar-refractivity contribution in [1.82, 2.24) is 14.9 Å². The fourth-order valence-corrected chi connectivity index (χ4v) is 2.92. The van der Waals surface area contributed by atoms with E-state index in [1.54, 1.807) is 6.07 Å². The molecule has 7 nitrogen and oxygen atoms in total. The maximum Gasteiger partial charge on any atom is 0.216 e. The smallest absolute Gasteiger partial charge is 0.216 e. The summed E-state index contributed by atoms with van der Waals surface area (Å²) in [6.07, 6.45) is 1.54. The normalized spacial score (nSPS) is 11.2. The van der Waals surface area contributed by atoms with E-state index < -0.39 is 0 Å². The number of anilines is 1. The van der Waals surface area contributed by atoms with Gasteiger partial charge in [-0.3, -0.25) is 0 Å². The standard InChI is InChI=1S/C19H21N5O2S/c1-3-23(4-2)15-8-6-14(7-9-15)18-21-22-19(27)24(18)20-12-13-5-10-16(25)17(26)11-13/h5-12,25-26H,3-4H2,1-2H3,(H,22,27). The lowest BCUT2D eigenvalue weighted by atomic mass is 10.2. The van der Waals surface area contributed by atoms with Gasteiger partial charge in [0.05, 0.1) is 6.21 Å². The lowest BCUT2D eigenvalue weighted by Gasteiger charge is -2.20. The Morgan fingerprint density at radius 2 is 1.81 bits per heavy atom. The molecule has 27 heavy (non-hydrogen) atoms. The van der Waals surface area contributed by atoms with E-state index in [0.717, 1.165) is 24.3 Å². The number of benzene rings is 2. The van der Waals surface area contributed by atoms with E-state index in [2.05, 4.69) is 34.0 Å². The molecule has 1 heterocycles. The van der Waals surface area contributed by atoms with Gasteiger partial charge in [-0.15, -0.1) is 0 Å². The zero-order valence-corrected chi connectivity index (χ0v) is 15.9. The van der Waals surface area contributed by atoms with Gasteiger partial charge in [-0.1, -0.05) is 0 Å². The first-order valence-electron chi connectivity index (χ1n) is 8.62. The third-order valence-electron chi connectivity index (χ3n) is 4.23. The van der Waals surface area contributed by atoms with Crippen molar-refractivity contribution in [3.8, 4) is 22.9 Å². The molecule has 0 unspecified atom stereocenters. The third-order valence-corrected chi connectivity index (χ3v) is 4.49. The van der Waals surface area contributed by atoms with Crippen LogP contribution in [0.2, 0.25) is 0 Å². The summed E-state index contributed by atoms with van der Waals surface area (Å²) >= 11 is 5.27. The number of phenols is 2. The molecule has 0 radical (unpaired) electrons. The van der Waals surface area contributed by atoms with Crippen molar-refractivity contribution < 1.29 is 10.2 Å². The van der Waals surface area contributed by atoms with Crippen LogP contribution in [0.5, 0.6) is 11.5 Å². The van der Waals surface area contributed by atoms with Crippen LogP contribution < -0.4 is 4.90 Å². The Labute approximate surface area is 162 Å². The summed E-state index contributed by atoms with van der Waals surface area (Å²) in [4.78, 5) is 2.26. The van der Waals surface area contributed by atoms with Crippen molar-refractivity contribution in [2.75, 3.05) is 18.0 Å². The summed E-state index contributed by atoms with van der Waals surface area (Å²) in [6, 6.07) is 12.5. The van der Waals surface area contributed by atoms with Crippen LogP contribution >= 0.6 is 12.2 Å². The van der Waals surface area contributed by atoms with Crippen LogP contribution in [0.4, 0.5) is 5.69 Å². The molecule has 140 valence electrons. The number of rotatable bonds is 6. The van der Waals surface area contributed by atoms with Gasteiger partial charge < -0.3 is 15.1 Å². The van der Waals surface area contributed by atoms with Crippen molar-refractivity contribution in [3.63, 3.8) is 0 Å². The summed E-state index contributed by atoms with van der Waals surface area (Å²) < 4.78 is 1.88. The van der Waals surface area contributed by atoms with Gasteiger partial charge in [0.1, 0.15) is 0 Å². The number of nitrogens with one attached hydrogen (secondary N) is 1. The number of nitrogens with zero attached hydrogens (tertiary/aromatic N) is 4. The fraction of sp³-hybridized carbons (Fsp3) is 0.211. The SMILES string of the molecule is CCN(CC)c1ccc(-c2n[nH]c(=S)n2N=Cc2ccc(O)c(O)c2)cc1. The second-order valence-corrected chi connectivity index (χ2v) is 6.26. The van der Waals surface area contributed by atoms with Gasteiger partial charge in [-0.25, -0.2) is 5.10 Å². The molecule has 0 aliphatic carbocycles. The van der Waals surface area contributed by atoms with Crippen LogP contribution in [0.25, 0.3) is 11.4 Å². The maximum absolute atomic E-state index is 9.59. The Bertz CT molecular complexity index is 1000. The van der Waals surface area contributed by atoms with Crippen molar-refractivity contribution in [2.45, 2.75) is 13.8 Å². The Hall–Kier alpha value is -3.13. The van der Waals surface area contributed by atoms with Gasteiger partial charge in [-0.2, -0.15) is 14.9 Å². The number of hydrogen-bond donors (Lipinski definition) is 3. The van der Waals surface area contributed by atoms with Crippen molar-refractivity contribution in [1.29, 1.82) is 0 Å². The van der Waals surface area contributed by atoms with E-state index in [-0.39, 0.29) is 11.5 Å².